The van der Waals surface area contributed by atoms with E-state index in [0.717, 1.165) is 5.01 Å². The Kier molecular flexibility index (Phi) is 5.02. The Labute approximate surface area is 111 Å². The first-order valence-corrected chi connectivity index (χ1v) is 6.75. The topological polar surface area (TPSA) is 59.2 Å². The summed E-state index contributed by atoms with van der Waals surface area (Å²) < 4.78 is 0. The smallest absolute Gasteiger partial charge is 0.273 e. The summed E-state index contributed by atoms with van der Waals surface area (Å²) in [7, 11) is 0. The van der Waals surface area contributed by atoms with E-state index in [0.29, 0.717) is 23.8 Å². The lowest BCUT2D eigenvalue weighted by molar-refractivity contribution is 0.0749. The summed E-state index contributed by atoms with van der Waals surface area (Å²) in [5.41, 5.74) is 6.07. The molecule has 1 unspecified atom stereocenters. The molecule has 0 spiro atoms. The maximum atomic E-state index is 12.1. The van der Waals surface area contributed by atoms with Gasteiger partial charge in [0.2, 0.25) is 0 Å². The van der Waals surface area contributed by atoms with Crippen LogP contribution in [0.5, 0.6) is 0 Å². The van der Waals surface area contributed by atoms with Crippen molar-refractivity contribution >= 4 is 34.5 Å². The zero-order valence-corrected chi connectivity index (χ0v) is 11.9. The summed E-state index contributed by atoms with van der Waals surface area (Å²) in [6.45, 7) is 6.91. The number of amides is 1. The van der Waals surface area contributed by atoms with Gasteiger partial charge in [-0.05, 0) is 13.8 Å². The molecule has 1 aromatic rings. The highest BCUT2D eigenvalue weighted by Crippen LogP contribution is 2.12. The van der Waals surface area contributed by atoms with Gasteiger partial charge in [-0.3, -0.25) is 4.79 Å². The number of carbonyl (C=O) groups excluding carboxylic acids is 1. The molecule has 2 N–H and O–H groups in total. The first kappa shape index (κ1) is 14.1. The predicted octanol–water partition coefficient (Wildman–Crippen LogP) is 1.84. The minimum absolute atomic E-state index is 0.0219. The Morgan fingerprint density at radius 3 is 2.76 bits per heavy atom. The van der Waals surface area contributed by atoms with Gasteiger partial charge in [0.05, 0.1) is 10.00 Å². The van der Waals surface area contributed by atoms with Crippen LogP contribution in [0, 0.1) is 12.8 Å². The lowest BCUT2D eigenvalue weighted by Crippen LogP contribution is -2.38. The van der Waals surface area contributed by atoms with Crippen molar-refractivity contribution in [2.75, 3.05) is 13.1 Å². The van der Waals surface area contributed by atoms with Gasteiger partial charge in [-0.1, -0.05) is 19.1 Å². The molecule has 6 heteroatoms. The van der Waals surface area contributed by atoms with Crippen molar-refractivity contribution in [1.82, 2.24) is 9.88 Å². The van der Waals surface area contributed by atoms with E-state index in [1.54, 1.807) is 10.3 Å². The molecule has 94 valence electrons. The molecule has 4 nitrogen and oxygen atoms in total. The van der Waals surface area contributed by atoms with Crippen molar-refractivity contribution < 1.29 is 4.79 Å². The van der Waals surface area contributed by atoms with Gasteiger partial charge in [-0.25, -0.2) is 4.98 Å². The Hall–Kier alpha value is -1.01. The third-order valence-corrected chi connectivity index (χ3v) is 3.66. The SMILES string of the molecule is CCN(CC(C)C(N)=S)C(=O)c1csc(C)n1. The van der Waals surface area contributed by atoms with Crippen molar-refractivity contribution in [2.45, 2.75) is 20.8 Å². The van der Waals surface area contributed by atoms with Gasteiger partial charge in [0.1, 0.15) is 5.69 Å². The zero-order chi connectivity index (χ0) is 13.0. The van der Waals surface area contributed by atoms with Crippen LogP contribution in [0.1, 0.15) is 29.3 Å². The number of rotatable bonds is 5. The van der Waals surface area contributed by atoms with E-state index in [-0.39, 0.29) is 11.8 Å². The molecule has 17 heavy (non-hydrogen) atoms. The fraction of sp³-hybridized carbons (Fsp3) is 0.545. The normalized spacial score (nSPS) is 12.2. The Morgan fingerprint density at radius 1 is 1.71 bits per heavy atom. The van der Waals surface area contributed by atoms with Gasteiger partial charge in [-0.15, -0.1) is 11.3 Å². The van der Waals surface area contributed by atoms with Gasteiger partial charge in [0.15, 0.2) is 0 Å². The fourth-order valence-electron chi connectivity index (χ4n) is 1.40. The molecule has 0 saturated carbocycles. The molecule has 1 rings (SSSR count). The van der Waals surface area contributed by atoms with Gasteiger partial charge in [0.25, 0.3) is 5.91 Å². The quantitative estimate of drug-likeness (QED) is 0.830. The van der Waals surface area contributed by atoms with Crippen molar-refractivity contribution in [1.29, 1.82) is 0 Å². The summed E-state index contributed by atoms with van der Waals surface area (Å²) in [4.78, 5) is 18.5. The number of hydrogen-bond acceptors (Lipinski definition) is 4. The van der Waals surface area contributed by atoms with E-state index in [9.17, 15) is 4.79 Å². The second-order valence-corrected chi connectivity index (χ2v) is 5.43. The van der Waals surface area contributed by atoms with Crippen molar-refractivity contribution in [3.63, 3.8) is 0 Å². The molecule has 0 bridgehead atoms. The van der Waals surface area contributed by atoms with E-state index >= 15 is 0 Å². The van der Waals surface area contributed by atoms with Crippen LogP contribution < -0.4 is 5.73 Å². The Morgan fingerprint density at radius 2 is 2.35 bits per heavy atom. The summed E-state index contributed by atoms with van der Waals surface area (Å²) in [5.74, 6) is -0.0337. The molecular weight excluding hydrogens is 254 g/mol. The van der Waals surface area contributed by atoms with Gasteiger partial charge >= 0.3 is 0 Å². The summed E-state index contributed by atoms with van der Waals surface area (Å²) in [6.07, 6.45) is 0. The third kappa shape index (κ3) is 3.74. The average Bonchev–Trinajstić information content (AvgIpc) is 2.71. The average molecular weight is 271 g/mol. The van der Waals surface area contributed by atoms with Crippen LogP contribution >= 0.6 is 23.6 Å². The maximum absolute atomic E-state index is 12.1. The molecule has 0 aliphatic carbocycles. The molecule has 0 saturated heterocycles. The number of thiocarbonyl (C=S) groups is 1. The molecule has 0 aliphatic heterocycles. The molecule has 1 heterocycles. The Balaban J connectivity index is 2.74. The molecule has 0 fully saturated rings. The first-order valence-electron chi connectivity index (χ1n) is 5.46. The molecule has 0 radical (unpaired) electrons. The summed E-state index contributed by atoms with van der Waals surface area (Å²) in [5, 5.41) is 2.68. The maximum Gasteiger partial charge on any atom is 0.273 e. The predicted molar refractivity (Wildman–Crippen MR) is 74.4 cm³/mol. The number of aromatic nitrogens is 1. The molecule has 1 aromatic heterocycles. The highest BCUT2D eigenvalue weighted by atomic mass is 32.1. The third-order valence-electron chi connectivity index (χ3n) is 2.49. The van der Waals surface area contributed by atoms with E-state index in [4.69, 9.17) is 18.0 Å². The number of aryl methyl sites for hydroxylation is 1. The van der Waals surface area contributed by atoms with Crippen molar-refractivity contribution in [3.8, 4) is 0 Å². The molecule has 0 aliphatic rings. The highest BCUT2D eigenvalue weighted by molar-refractivity contribution is 7.80. The minimum Gasteiger partial charge on any atom is -0.393 e. The molecule has 1 atom stereocenters. The highest BCUT2D eigenvalue weighted by Gasteiger charge is 2.19. The van der Waals surface area contributed by atoms with Crippen LogP contribution in [0.3, 0.4) is 0 Å². The van der Waals surface area contributed by atoms with Crippen LogP contribution in [0.15, 0.2) is 5.38 Å². The fourth-order valence-corrected chi connectivity index (χ4v) is 2.06. The second-order valence-electron chi connectivity index (χ2n) is 3.90. The second kappa shape index (κ2) is 6.07. The van der Waals surface area contributed by atoms with Crippen LogP contribution in [0.4, 0.5) is 0 Å². The lowest BCUT2D eigenvalue weighted by Gasteiger charge is -2.23. The van der Waals surface area contributed by atoms with Crippen LogP contribution in [0.25, 0.3) is 0 Å². The largest absolute Gasteiger partial charge is 0.393 e. The standard InChI is InChI=1S/C11H17N3OS2/c1-4-14(5-7(2)10(12)16)11(15)9-6-17-8(3)13-9/h6-7H,4-5H2,1-3H3,(H2,12,16). The number of nitrogens with two attached hydrogens (primary N) is 1. The number of hydrogen-bond donors (Lipinski definition) is 1. The molecule has 1 amide bonds. The molecular formula is C11H17N3OS2. The number of nitrogens with zero attached hydrogens (tertiary/aromatic N) is 2. The summed E-state index contributed by atoms with van der Waals surface area (Å²) >= 11 is 6.39. The zero-order valence-electron chi connectivity index (χ0n) is 10.3. The van der Waals surface area contributed by atoms with E-state index in [1.165, 1.54) is 11.3 Å². The molecule has 0 aromatic carbocycles. The van der Waals surface area contributed by atoms with Crippen molar-refractivity contribution in [2.24, 2.45) is 11.7 Å². The Bertz CT molecular complexity index is 417. The van der Waals surface area contributed by atoms with Crippen LogP contribution in [0.2, 0.25) is 0 Å². The van der Waals surface area contributed by atoms with Crippen LogP contribution in [-0.2, 0) is 0 Å². The minimum atomic E-state index is -0.0556. The first-order chi connectivity index (χ1) is 7.95. The van der Waals surface area contributed by atoms with Gasteiger partial charge < -0.3 is 10.6 Å². The summed E-state index contributed by atoms with van der Waals surface area (Å²) in [6, 6.07) is 0. The monoisotopic (exact) mass is 271 g/mol. The van der Waals surface area contributed by atoms with Gasteiger partial charge in [-0.2, -0.15) is 0 Å². The number of thiazole rings is 1. The number of carbonyl (C=O) groups is 1. The lowest BCUT2D eigenvalue weighted by atomic mass is 10.1. The van der Waals surface area contributed by atoms with E-state index < -0.39 is 0 Å². The van der Waals surface area contributed by atoms with E-state index in [2.05, 4.69) is 4.98 Å². The van der Waals surface area contributed by atoms with Crippen molar-refractivity contribution in [3.05, 3.63) is 16.1 Å². The van der Waals surface area contributed by atoms with Crippen LogP contribution in [-0.4, -0.2) is 33.9 Å². The van der Waals surface area contributed by atoms with Gasteiger partial charge in [0, 0.05) is 24.4 Å². The van der Waals surface area contributed by atoms with E-state index in [1.807, 2.05) is 20.8 Å².